The van der Waals surface area contributed by atoms with Crippen LogP contribution in [0.4, 0.5) is 24.5 Å². The van der Waals surface area contributed by atoms with Crippen molar-refractivity contribution in [3.8, 4) is 0 Å². The Hall–Kier alpha value is -5.18. The quantitative estimate of drug-likeness (QED) is 0.197. The van der Waals surface area contributed by atoms with Crippen LogP contribution < -0.4 is 9.80 Å². The molecule has 44 heavy (non-hydrogen) atoms. The summed E-state index contributed by atoms with van der Waals surface area (Å²) in [5.41, 5.74) is 1.17. The zero-order chi connectivity index (χ0) is 30.6. The summed E-state index contributed by atoms with van der Waals surface area (Å²) in [6, 6.07) is 28.0. The Morgan fingerprint density at radius 1 is 0.705 bits per heavy atom. The minimum Gasteiger partial charge on any atom is -0.451 e. The Morgan fingerprint density at radius 3 is 1.89 bits per heavy atom. The number of esters is 1. The Balaban J connectivity index is 1.33. The maximum atomic E-state index is 14.4. The molecule has 4 atom stereocenters. The lowest BCUT2D eigenvalue weighted by Crippen LogP contribution is -2.49. The predicted octanol–water partition coefficient (Wildman–Crippen LogP) is 6.43. The molecule has 0 bridgehead atoms. The molecule has 2 fully saturated rings. The molecule has 2 saturated heterocycles. The van der Waals surface area contributed by atoms with Crippen molar-refractivity contribution in [3.63, 3.8) is 0 Å². The van der Waals surface area contributed by atoms with Crippen LogP contribution in [0.15, 0.2) is 115 Å². The third-order valence-corrected chi connectivity index (χ3v) is 8.55. The number of carbonyl (C=O) groups is 3. The highest BCUT2D eigenvalue weighted by Crippen LogP contribution is 2.51. The fourth-order valence-electron chi connectivity index (χ4n) is 6.70. The Kier molecular flexibility index (Phi) is 6.61. The number of halogens is 3. The molecule has 6 nitrogen and oxygen atoms in total. The normalized spacial score (nSPS) is 22.2. The Morgan fingerprint density at radius 2 is 1.25 bits per heavy atom. The molecule has 220 valence electrons. The number of hydrogen-bond donors (Lipinski definition) is 0. The molecule has 0 radical (unpaired) electrons. The number of anilines is 2. The standard InChI is InChI=1S/C35H25F3N2O4/c36-35(37,38)24-16-8-10-18-26(24)40-32(41)28-27-20-19-21-11-7-9-17-25(21)39(27)30(29(28)33(40)42)34(43)44-31(22-12-3-1-4-13-22)23-14-5-2-6-15-23/h1-20,27-31H/t27-,28-,29-,30+/m0/s1. The second-order valence-corrected chi connectivity index (χ2v) is 11.0. The highest BCUT2D eigenvalue weighted by Gasteiger charge is 2.65. The molecule has 3 aliphatic rings. The monoisotopic (exact) mass is 594 g/mol. The Bertz CT molecular complexity index is 1750. The van der Waals surface area contributed by atoms with Gasteiger partial charge in [0.2, 0.25) is 11.8 Å². The fourth-order valence-corrected chi connectivity index (χ4v) is 6.70. The van der Waals surface area contributed by atoms with Crippen molar-refractivity contribution in [1.29, 1.82) is 0 Å². The molecule has 0 unspecified atom stereocenters. The molecule has 7 rings (SSSR count). The van der Waals surface area contributed by atoms with E-state index in [0.717, 1.165) is 17.7 Å². The summed E-state index contributed by atoms with van der Waals surface area (Å²) in [7, 11) is 0. The van der Waals surface area contributed by atoms with Gasteiger partial charge in [0.15, 0.2) is 6.10 Å². The molecule has 0 aliphatic carbocycles. The number of carbonyl (C=O) groups excluding carboxylic acids is 3. The first-order valence-corrected chi connectivity index (χ1v) is 14.2. The SMILES string of the molecule is O=C(OC(c1ccccc1)c1ccccc1)[C@H]1[C@H]2C(=O)N(c3ccccc3C(F)(F)F)C(=O)[C@H]2[C@@H]2C=Cc3ccccc3N21. The van der Waals surface area contributed by atoms with Crippen LogP contribution in [0.3, 0.4) is 0 Å². The van der Waals surface area contributed by atoms with E-state index < -0.39 is 65.2 Å². The maximum Gasteiger partial charge on any atom is 0.418 e. The summed E-state index contributed by atoms with van der Waals surface area (Å²) in [6.07, 6.45) is -2.08. The Labute approximate surface area is 251 Å². The molecule has 3 heterocycles. The molecular formula is C35H25F3N2O4. The molecule has 4 aromatic rings. The van der Waals surface area contributed by atoms with E-state index in [-0.39, 0.29) is 0 Å². The van der Waals surface area contributed by atoms with Gasteiger partial charge in [-0.3, -0.25) is 9.59 Å². The smallest absolute Gasteiger partial charge is 0.418 e. The summed E-state index contributed by atoms with van der Waals surface area (Å²) < 4.78 is 48.2. The van der Waals surface area contributed by atoms with Crippen molar-refractivity contribution in [2.45, 2.75) is 24.4 Å². The highest BCUT2D eigenvalue weighted by atomic mass is 19.4. The van der Waals surface area contributed by atoms with Gasteiger partial charge in [0.1, 0.15) is 6.04 Å². The van der Waals surface area contributed by atoms with Crippen LogP contribution in [0.25, 0.3) is 6.08 Å². The summed E-state index contributed by atoms with van der Waals surface area (Å²) in [6.45, 7) is 0. The van der Waals surface area contributed by atoms with Crippen molar-refractivity contribution in [2.24, 2.45) is 11.8 Å². The minimum absolute atomic E-state index is 0.547. The van der Waals surface area contributed by atoms with Crippen molar-refractivity contribution in [1.82, 2.24) is 0 Å². The molecule has 0 N–H and O–H groups in total. The number of hydrogen-bond acceptors (Lipinski definition) is 5. The van der Waals surface area contributed by atoms with E-state index in [1.807, 2.05) is 78.9 Å². The number of ether oxygens (including phenoxy) is 1. The van der Waals surface area contributed by atoms with E-state index in [0.29, 0.717) is 21.7 Å². The summed E-state index contributed by atoms with van der Waals surface area (Å²) in [4.78, 5) is 44.9. The van der Waals surface area contributed by atoms with E-state index in [1.54, 1.807) is 23.1 Å². The van der Waals surface area contributed by atoms with Crippen LogP contribution in [0, 0.1) is 11.8 Å². The number of amides is 2. The van der Waals surface area contributed by atoms with Gasteiger partial charge in [-0.1, -0.05) is 103 Å². The van der Waals surface area contributed by atoms with Gasteiger partial charge in [-0.05, 0) is 34.9 Å². The average Bonchev–Trinajstić information content (AvgIpc) is 3.52. The van der Waals surface area contributed by atoms with Crippen LogP contribution in [0.5, 0.6) is 0 Å². The van der Waals surface area contributed by atoms with Gasteiger partial charge in [0.05, 0.1) is 29.1 Å². The molecule has 9 heteroatoms. The zero-order valence-electron chi connectivity index (χ0n) is 23.1. The molecule has 0 spiro atoms. The largest absolute Gasteiger partial charge is 0.451 e. The molecule has 2 amide bonds. The number of imide groups is 1. The van der Waals surface area contributed by atoms with E-state index in [1.165, 1.54) is 12.1 Å². The molecule has 0 aromatic heterocycles. The third-order valence-electron chi connectivity index (χ3n) is 8.55. The van der Waals surface area contributed by atoms with Crippen LogP contribution >= 0.6 is 0 Å². The van der Waals surface area contributed by atoms with E-state index in [2.05, 4.69) is 0 Å². The first-order valence-electron chi connectivity index (χ1n) is 14.2. The van der Waals surface area contributed by atoms with Crippen molar-refractivity contribution in [3.05, 3.63) is 138 Å². The van der Waals surface area contributed by atoms with Crippen LogP contribution in [-0.4, -0.2) is 29.9 Å². The number of benzene rings is 4. The van der Waals surface area contributed by atoms with E-state index >= 15 is 0 Å². The van der Waals surface area contributed by atoms with Gasteiger partial charge in [0, 0.05) is 5.69 Å². The maximum absolute atomic E-state index is 14.4. The van der Waals surface area contributed by atoms with E-state index in [4.69, 9.17) is 4.74 Å². The van der Waals surface area contributed by atoms with E-state index in [9.17, 15) is 27.6 Å². The van der Waals surface area contributed by atoms with Gasteiger partial charge in [-0.2, -0.15) is 13.2 Å². The zero-order valence-corrected chi connectivity index (χ0v) is 23.1. The molecular weight excluding hydrogens is 569 g/mol. The lowest BCUT2D eigenvalue weighted by atomic mass is 9.88. The minimum atomic E-state index is -4.80. The number of alkyl halides is 3. The lowest BCUT2D eigenvalue weighted by Gasteiger charge is -2.36. The lowest BCUT2D eigenvalue weighted by molar-refractivity contribution is -0.151. The van der Waals surface area contributed by atoms with Gasteiger partial charge >= 0.3 is 12.1 Å². The average molecular weight is 595 g/mol. The molecule has 0 saturated carbocycles. The van der Waals surface area contributed by atoms with Crippen molar-refractivity contribution in [2.75, 3.05) is 9.80 Å². The summed E-state index contributed by atoms with van der Waals surface area (Å²) in [5.74, 6) is -4.77. The topological polar surface area (TPSA) is 66.9 Å². The first-order chi connectivity index (χ1) is 21.3. The van der Waals surface area contributed by atoms with Crippen molar-refractivity contribution >= 4 is 35.2 Å². The van der Waals surface area contributed by atoms with Gasteiger partial charge in [-0.25, -0.2) is 9.69 Å². The van der Waals surface area contributed by atoms with Gasteiger partial charge < -0.3 is 9.64 Å². The summed E-state index contributed by atoms with van der Waals surface area (Å²) in [5, 5.41) is 0. The second kappa shape index (κ2) is 10.5. The number of nitrogens with zero attached hydrogens (tertiary/aromatic N) is 2. The first kappa shape index (κ1) is 27.6. The van der Waals surface area contributed by atoms with Gasteiger partial charge in [-0.15, -0.1) is 0 Å². The van der Waals surface area contributed by atoms with Crippen LogP contribution in [0.2, 0.25) is 0 Å². The predicted molar refractivity (Wildman–Crippen MR) is 157 cm³/mol. The second-order valence-electron chi connectivity index (χ2n) is 11.0. The summed E-state index contributed by atoms with van der Waals surface area (Å²) >= 11 is 0. The number of para-hydroxylation sites is 2. The van der Waals surface area contributed by atoms with Crippen molar-refractivity contribution < 1.29 is 32.3 Å². The van der Waals surface area contributed by atoms with Crippen LogP contribution in [0.1, 0.15) is 28.4 Å². The third kappa shape index (κ3) is 4.38. The fraction of sp³-hybridized carbons (Fsp3) is 0.171. The highest BCUT2D eigenvalue weighted by molar-refractivity contribution is 6.25. The molecule has 3 aliphatic heterocycles. The number of fused-ring (bicyclic) bond motifs is 5. The molecule has 4 aromatic carbocycles. The number of rotatable bonds is 5. The van der Waals surface area contributed by atoms with Gasteiger partial charge in [0.25, 0.3) is 0 Å². The van der Waals surface area contributed by atoms with Crippen LogP contribution in [-0.2, 0) is 25.3 Å².